The van der Waals surface area contributed by atoms with E-state index in [4.69, 9.17) is 9.84 Å². The third-order valence-corrected chi connectivity index (χ3v) is 4.24. The number of carbonyl (C=O) groups is 1. The number of likely N-dealkylation sites (N-methyl/N-ethyl adjacent to an activating group) is 1. The van der Waals surface area contributed by atoms with Crippen molar-refractivity contribution < 1.29 is 9.53 Å². The van der Waals surface area contributed by atoms with E-state index < -0.39 is 5.91 Å². The molecule has 0 bridgehead atoms. The van der Waals surface area contributed by atoms with Gasteiger partial charge in [-0.1, -0.05) is 37.3 Å². The lowest BCUT2D eigenvalue weighted by Gasteiger charge is -2.06. The van der Waals surface area contributed by atoms with Crippen molar-refractivity contribution in [1.29, 1.82) is 5.26 Å². The molecule has 6 nitrogen and oxygen atoms in total. The van der Waals surface area contributed by atoms with Gasteiger partial charge in [-0.25, -0.2) is 4.68 Å². The molecule has 3 rings (SSSR count). The molecule has 6 heteroatoms. The summed E-state index contributed by atoms with van der Waals surface area (Å²) in [4.78, 5) is 12.0. The smallest absolute Gasteiger partial charge is 0.261 e. The molecule has 0 aliphatic carbocycles. The number of benzene rings is 2. The first-order chi connectivity index (χ1) is 14.2. The Morgan fingerprint density at radius 2 is 2.03 bits per heavy atom. The molecule has 29 heavy (non-hydrogen) atoms. The highest BCUT2D eigenvalue weighted by Gasteiger charge is 2.15. The number of nitriles is 1. The molecule has 1 heterocycles. The minimum atomic E-state index is -0.439. The SMILES string of the molecule is CCCOc1cccc(-c2nn(-c3ccccc3)cc2C=C(C#N)C(=O)NC)c1. The van der Waals surface area contributed by atoms with Gasteiger partial charge in [-0.2, -0.15) is 10.4 Å². The van der Waals surface area contributed by atoms with Crippen LogP contribution < -0.4 is 10.1 Å². The molecule has 1 aromatic heterocycles. The van der Waals surface area contributed by atoms with Crippen molar-refractivity contribution in [3.8, 4) is 28.8 Å². The van der Waals surface area contributed by atoms with Crippen molar-refractivity contribution in [2.24, 2.45) is 0 Å². The van der Waals surface area contributed by atoms with E-state index in [9.17, 15) is 10.1 Å². The quantitative estimate of drug-likeness (QED) is 0.492. The Kier molecular flexibility index (Phi) is 6.43. The lowest BCUT2D eigenvalue weighted by Crippen LogP contribution is -2.19. The van der Waals surface area contributed by atoms with E-state index in [1.807, 2.05) is 66.9 Å². The second-order valence-corrected chi connectivity index (χ2v) is 6.34. The van der Waals surface area contributed by atoms with Crippen LogP contribution in [0.4, 0.5) is 0 Å². The average Bonchev–Trinajstić information content (AvgIpc) is 3.20. The summed E-state index contributed by atoms with van der Waals surface area (Å²) in [6.07, 6.45) is 4.28. The van der Waals surface area contributed by atoms with Crippen LogP contribution in [0.15, 0.2) is 66.4 Å². The Labute approximate surface area is 170 Å². The number of carbonyl (C=O) groups excluding carboxylic acids is 1. The summed E-state index contributed by atoms with van der Waals surface area (Å²) in [6, 6.07) is 19.3. The maximum atomic E-state index is 12.0. The molecule has 0 aliphatic heterocycles. The molecular formula is C23H22N4O2. The Hall–Kier alpha value is -3.85. The summed E-state index contributed by atoms with van der Waals surface area (Å²) in [5.41, 5.74) is 3.06. The van der Waals surface area contributed by atoms with Crippen LogP contribution in [0.3, 0.4) is 0 Å². The molecule has 0 aliphatic rings. The van der Waals surface area contributed by atoms with E-state index >= 15 is 0 Å². The normalized spacial score (nSPS) is 11.0. The fourth-order valence-electron chi connectivity index (χ4n) is 2.82. The first kappa shape index (κ1) is 19.9. The Morgan fingerprint density at radius 1 is 1.24 bits per heavy atom. The lowest BCUT2D eigenvalue weighted by atomic mass is 10.1. The van der Waals surface area contributed by atoms with E-state index in [0.29, 0.717) is 17.9 Å². The summed E-state index contributed by atoms with van der Waals surface area (Å²) in [6.45, 7) is 2.68. The lowest BCUT2D eigenvalue weighted by molar-refractivity contribution is -0.116. The van der Waals surface area contributed by atoms with E-state index in [-0.39, 0.29) is 5.57 Å². The van der Waals surface area contributed by atoms with E-state index in [2.05, 4.69) is 12.2 Å². The van der Waals surface area contributed by atoms with Crippen LogP contribution in [0.1, 0.15) is 18.9 Å². The van der Waals surface area contributed by atoms with Gasteiger partial charge in [0.05, 0.1) is 12.3 Å². The molecule has 0 saturated heterocycles. The van der Waals surface area contributed by atoms with Gasteiger partial charge < -0.3 is 10.1 Å². The number of nitrogens with one attached hydrogen (secondary N) is 1. The van der Waals surface area contributed by atoms with Crippen LogP contribution >= 0.6 is 0 Å². The second kappa shape index (κ2) is 9.38. The van der Waals surface area contributed by atoms with Crippen molar-refractivity contribution in [3.05, 3.63) is 71.9 Å². The highest BCUT2D eigenvalue weighted by atomic mass is 16.5. The predicted octanol–water partition coefficient (Wildman–Crippen LogP) is 3.98. The fourth-order valence-corrected chi connectivity index (χ4v) is 2.82. The second-order valence-electron chi connectivity index (χ2n) is 6.34. The molecule has 1 N–H and O–H groups in total. The Balaban J connectivity index is 2.12. The molecule has 0 unspecified atom stereocenters. The number of nitrogens with zero attached hydrogens (tertiary/aromatic N) is 3. The maximum Gasteiger partial charge on any atom is 0.261 e. The molecule has 1 amide bonds. The number of para-hydroxylation sites is 1. The van der Waals surface area contributed by atoms with Gasteiger partial charge in [0.15, 0.2) is 0 Å². The molecule has 0 atom stereocenters. The molecule has 0 saturated carbocycles. The van der Waals surface area contributed by atoms with Crippen molar-refractivity contribution in [2.45, 2.75) is 13.3 Å². The predicted molar refractivity (Wildman–Crippen MR) is 112 cm³/mol. The minimum Gasteiger partial charge on any atom is -0.494 e. The topological polar surface area (TPSA) is 79.9 Å². The zero-order chi connectivity index (χ0) is 20.6. The van der Waals surface area contributed by atoms with Crippen molar-refractivity contribution >= 4 is 12.0 Å². The highest BCUT2D eigenvalue weighted by Crippen LogP contribution is 2.28. The van der Waals surface area contributed by atoms with Gasteiger partial charge in [0.1, 0.15) is 23.1 Å². The van der Waals surface area contributed by atoms with Crippen LogP contribution in [0.5, 0.6) is 5.75 Å². The van der Waals surface area contributed by atoms with Crippen LogP contribution in [0, 0.1) is 11.3 Å². The minimum absolute atomic E-state index is 0.0137. The van der Waals surface area contributed by atoms with Crippen LogP contribution in [0.25, 0.3) is 23.0 Å². The number of rotatable bonds is 7. The molecule has 3 aromatic rings. The standard InChI is InChI=1S/C23H22N4O2/c1-3-12-29-21-11-7-8-17(14-21)22-19(13-18(15-24)23(28)25-2)16-27(26-22)20-9-5-4-6-10-20/h4-11,13-14,16H,3,12H2,1-2H3,(H,25,28). The van der Waals surface area contributed by atoms with Crippen LogP contribution in [-0.4, -0.2) is 29.3 Å². The van der Waals surface area contributed by atoms with Crippen LogP contribution in [0.2, 0.25) is 0 Å². The maximum absolute atomic E-state index is 12.0. The number of hydrogen-bond donors (Lipinski definition) is 1. The van der Waals surface area contributed by atoms with Gasteiger partial charge in [0.25, 0.3) is 5.91 Å². The third-order valence-electron chi connectivity index (χ3n) is 4.24. The van der Waals surface area contributed by atoms with Gasteiger partial charge >= 0.3 is 0 Å². The molecular weight excluding hydrogens is 364 g/mol. The first-order valence-corrected chi connectivity index (χ1v) is 9.38. The highest BCUT2D eigenvalue weighted by molar-refractivity contribution is 6.02. The summed E-state index contributed by atoms with van der Waals surface area (Å²) in [5.74, 6) is 0.311. The summed E-state index contributed by atoms with van der Waals surface area (Å²) < 4.78 is 7.48. The zero-order valence-corrected chi connectivity index (χ0v) is 16.4. The first-order valence-electron chi connectivity index (χ1n) is 9.38. The number of ether oxygens (including phenoxy) is 1. The van der Waals surface area contributed by atoms with Crippen molar-refractivity contribution in [2.75, 3.05) is 13.7 Å². The van der Waals surface area contributed by atoms with Gasteiger partial charge in [0, 0.05) is 24.4 Å². The molecule has 0 spiro atoms. The largest absolute Gasteiger partial charge is 0.494 e. The van der Waals surface area contributed by atoms with Gasteiger partial charge in [-0.15, -0.1) is 0 Å². The van der Waals surface area contributed by atoms with E-state index in [0.717, 1.165) is 23.4 Å². The monoisotopic (exact) mass is 386 g/mol. The van der Waals surface area contributed by atoms with E-state index in [1.165, 1.54) is 7.05 Å². The zero-order valence-electron chi connectivity index (χ0n) is 16.4. The van der Waals surface area contributed by atoms with Crippen LogP contribution in [-0.2, 0) is 4.79 Å². The summed E-state index contributed by atoms with van der Waals surface area (Å²) >= 11 is 0. The van der Waals surface area contributed by atoms with Gasteiger partial charge in [-0.3, -0.25) is 4.79 Å². The molecule has 146 valence electrons. The molecule has 0 radical (unpaired) electrons. The molecule has 2 aromatic carbocycles. The fraction of sp³-hybridized carbons (Fsp3) is 0.174. The molecule has 0 fully saturated rings. The van der Waals surface area contributed by atoms with E-state index in [1.54, 1.807) is 10.8 Å². The number of hydrogen-bond acceptors (Lipinski definition) is 4. The third kappa shape index (κ3) is 4.71. The van der Waals surface area contributed by atoms with Crippen molar-refractivity contribution in [1.82, 2.24) is 15.1 Å². The Morgan fingerprint density at radius 3 is 2.72 bits per heavy atom. The van der Waals surface area contributed by atoms with Gasteiger partial charge in [0.2, 0.25) is 0 Å². The van der Waals surface area contributed by atoms with Gasteiger partial charge in [-0.05, 0) is 36.8 Å². The summed E-state index contributed by atoms with van der Waals surface area (Å²) in [7, 11) is 1.50. The number of amides is 1. The average molecular weight is 386 g/mol. The Bertz CT molecular complexity index is 1060. The number of aromatic nitrogens is 2. The van der Waals surface area contributed by atoms with Crippen molar-refractivity contribution in [3.63, 3.8) is 0 Å². The summed E-state index contributed by atoms with van der Waals surface area (Å²) in [5, 5.41) is 16.6.